The highest BCUT2D eigenvalue weighted by atomic mass is 32.1. The molecule has 0 amide bonds. The lowest BCUT2D eigenvalue weighted by Gasteiger charge is -2.27. The molecule has 0 saturated carbocycles. The van der Waals surface area contributed by atoms with Crippen LogP contribution in [0.15, 0.2) is 22.7 Å². The topological polar surface area (TPSA) is 71.1 Å². The Hall–Kier alpha value is -1.11. The number of rotatable bonds is 6. The lowest BCUT2D eigenvalue weighted by molar-refractivity contribution is 0.0158. The number of hydrogen-bond donors (Lipinski definition) is 2. The van der Waals surface area contributed by atoms with Crippen LogP contribution in [-0.2, 0) is 4.84 Å². The lowest BCUT2D eigenvalue weighted by Crippen LogP contribution is -2.38. The van der Waals surface area contributed by atoms with Gasteiger partial charge in [-0.3, -0.25) is 0 Å². The summed E-state index contributed by atoms with van der Waals surface area (Å²) in [5.41, 5.74) is 5.75. The molecule has 1 fully saturated rings. The van der Waals surface area contributed by atoms with E-state index in [1.165, 1.54) is 30.6 Å². The summed E-state index contributed by atoms with van der Waals surface area (Å²) in [6.45, 7) is 2.96. The Kier molecular flexibility index (Phi) is 5.62. The average Bonchev–Trinajstić information content (AvgIpc) is 2.93. The van der Waals surface area contributed by atoms with Crippen LogP contribution in [0.5, 0.6) is 0 Å². The van der Waals surface area contributed by atoms with Gasteiger partial charge >= 0.3 is 0 Å². The van der Waals surface area contributed by atoms with Crippen molar-refractivity contribution < 1.29 is 9.94 Å². The highest BCUT2D eigenvalue weighted by Gasteiger charge is 2.14. The minimum absolute atomic E-state index is 0.183. The second-order valence-corrected chi connectivity index (χ2v) is 5.71. The molecule has 3 N–H and O–H groups in total. The van der Waals surface area contributed by atoms with Crippen molar-refractivity contribution in [2.75, 3.05) is 26.2 Å². The molecule has 2 heterocycles. The van der Waals surface area contributed by atoms with E-state index in [2.05, 4.69) is 10.1 Å². The molecule has 1 aliphatic rings. The molecule has 0 radical (unpaired) electrons. The molecule has 6 heteroatoms. The summed E-state index contributed by atoms with van der Waals surface area (Å²) in [5, 5.41) is 15.6. The first kappa shape index (κ1) is 14.3. The largest absolute Gasteiger partial charge is 0.391 e. The molecular formula is C13H21N3O2S. The number of aliphatic hydroxyl groups excluding tert-OH is 1. The molecule has 0 bridgehead atoms. The van der Waals surface area contributed by atoms with Gasteiger partial charge in [-0.05, 0) is 37.4 Å². The lowest BCUT2D eigenvalue weighted by atomic mass is 10.1. The van der Waals surface area contributed by atoms with Gasteiger partial charge in [0.2, 0.25) is 0 Å². The SMILES string of the molecule is N/C(=N\OCC(O)CN1CCCCC1)c1cccs1. The van der Waals surface area contributed by atoms with Gasteiger partial charge in [0.05, 0.1) is 4.88 Å². The van der Waals surface area contributed by atoms with Crippen LogP contribution < -0.4 is 5.73 Å². The number of thiophene rings is 1. The molecule has 1 unspecified atom stereocenters. The van der Waals surface area contributed by atoms with Crippen LogP contribution in [0.2, 0.25) is 0 Å². The normalized spacial score (nSPS) is 19.3. The van der Waals surface area contributed by atoms with Crippen molar-refractivity contribution in [3.63, 3.8) is 0 Å². The molecule has 5 nitrogen and oxygen atoms in total. The van der Waals surface area contributed by atoms with Crippen LogP contribution in [-0.4, -0.2) is 48.2 Å². The Bertz CT molecular complexity index is 389. The van der Waals surface area contributed by atoms with Gasteiger partial charge in [0.25, 0.3) is 0 Å². The molecule has 0 aromatic carbocycles. The van der Waals surface area contributed by atoms with E-state index in [0.29, 0.717) is 12.4 Å². The molecular weight excluding hydrogens is 262 g/mol. The van der Waals surface area contributed by atoms with E-state index >= 15 is 0 Å². The fraction of sp³-hybridized carbons (Fsp3) is 0.615. The molecule has 1 aliphatic heterocycles. The standard InChI is InChI=1S/C13H21N3O2S/c14-13(12-5-4-8-19-12)15-18-10-11(17)9-16-6-2-1-3-7-16/h4-5,8,11,17H,1-3,6-7,9-10H2,(H2,14,15). The Labute approximate surface area is 117 Å². The van der Waals surface area contributed by atoms with Gasteiger partial charge in [-0.2, -0.15) is 0 Å². The highest BCUT2D eigenvalue weighted by molar-refractivity contribution is 7.12. The fourth-order valence-corrected chi connectivity index (χ4v) is 2.77. The minimum Gasteiger partial charge on any atom is -0.391 e. The molecule has 1 saturated heterocycles. The molecule has 0 aliphatic carbocycles. The Balaban J connectivity index is 1.68. The monoisotopic (exact) mass is 283 g/mol. The molecule has 0 spiro atoms. The third-order valence-corrected chi connectivity index (χ3v) is 4.01. The van der Waals surface area contributed by atoms with E-state index in [9.17, 15) is 5.11 Å². The van der Waals surface area contributed by atoms with Crippen LogP contribution >= 0.6 is 11.3 Å². The van der Waals surface area contributed by atoms with Crippen LogP contribution in [0, 0.1) is 0 Å². The van der Waals surface area contributed by atoms with Gasteiger partial charge in [-0.1, -0.05) is 17.6 Å². The zero-order valence-corrected chi connectivity index (χ0v) is 11.8. The quantitative estimate of drug-likeness (QED) is 0.468. The van der Waals surface area contributed by atoms with Crippen LogP contribution in [0.3, 0.4) is 0 Å². The summed E-state index contributed by atoms with van der Waals surface area (Å²) in [6.07, 6.45) is 3.22. The smallest absolute Gasteiger partial charge is 0.180 e. The maximum Gasteiger partial charge on any atom is 0.180 e. The van der Waals surface area contributed by atoms with Gasteiger partial charge in [0.1, 0.15) is 12.7 Å². The van der Waals surface area contributed by atoms with Gasteiger partial charge in [0, 0.05) is 6.54 Å². The number of nitrogens with zero attached hydrogens (tertiary/aromatic N) is 2. The van der Waals surface area contributed by atoms with Gasteiger partial charge in [-0.25, -0.2) is 0 Å². The van der Waals surface area contributed by atoms with E-state index in [4.69, 9.17) is 10.6 Å². The third kappa shape index (κ3) is 4.81. The van der Waals surface area contributed by atoms with Crippen molar-refractivity contribution in [1.29, 1.82) is 0 Å². The Morgan fingerprint density at radius 2 is 2.26 bits per heavy atom. The number of β-amino-alcohol motifs (C(OH)–C–C–N with tert-alkyl or cyclic N) is 1. The maximum absolute atomic E-state index is 9.87. The van der Waals surface area contributed by atoms with Gasteiger partial charge < -0.3 is 20.6 Å². The van der Waals surface area contributed by atoms with Gasteiger partial charge in [-0.15, -0.1) is 11.3 Å². The third-order valence-electron chi connectivity index (χ3n) is 3.12. The first-order valence-electron chi connectivity index (χ1n) is 6.65. The minimum atomic E-state index is -0.516. The maximum atomic E-state index is 9.87. The Morgan fingerprint density at radius 3 is 2.95 bits per heavy atom. The second kappa shape index (κ2) is 7.47. The summed E-state index contributed by atoms with van der Waals surface area (Å²) in [4.78, 5) is 8.26. The van der Waals surface area contributed by atoms with Crippen molar-refractivity contribution in [1.82, 2.24) is 4.90 Å². The zero-order valence-electron chi connectivity index (χ0n) is 11.0. The molecule has 19 heavy (non-hydrogen) atoms. The highest BCUT2D eigenvalue weighted by Crippen LogP contribution is 2.09. The van der Waals surface area contributed by atoms with Crippen LogP contribution in [0.25, 0.3) is 0 Å². The molecule has 106 valence electrons. The van der Waals surface area contributed by atoms with Crippen LogP contribution in [0.4, 0.5) is 0 Å². The van der Waals surface area contributed by atoms with E-state index < -0.39 is 6.10 Å². The number of nitrogens with two attached hydrogens (primary N) is 1. The first-order chi connectivity index (χ1) is 9.25. The average molecular weight is 283 g/mol. The number of piperidine rings is 1. The van der Waals surface area contributed by atoms with E-state index in [-0.39, 0.29) is 6.61 Å². The molecule has 1 atom stereocenters. The van der Waals surface area contributed by atoms with Crippen molar-refractivity contribution in [3.05, 3.63) is 22.4 Å². The van der Waals surface area contributed by atoms with E-state index in [1.54, 1.807) is 0 Å². The van der Waals surface area contributed by atoms with Crippen molar-refractivity contribution in [2.45, 2.75) is 25.4 Å². The van der Waals surface area contributed by atoms with Crippen molar-refractivity contribution in [3.8, 4) is 0 Å². The summed E-state index contributed by atoms with van der Waals surface area (Å²) < 4.78 is 0. The predicted octanol–water partition coefficient (Wildman–Crippen LogP) is 1.23. The number of aliphatic hydroxyl groups is 1. The fourth-order valence-electron chi connectivity index (χ4n) is 2.15. The zero-order chi connectivity index (χ0) is 13.5. The summed E-state index contributed by atoms with van der Waals surface area (Å²) >= 11 is 1.51. The summed E-state index contributed by atoms with van der Waals surface area (Å²) in [7, 11) is 0. The number of hydrogen-bond acceptors (Lipinski definition) is 5. The summed E-state index contributed by atoms with van der Waals surface area (Å²) in [5.74, 6) is 0.361. The van der Waals surface area contributed by atoms with Crippen molar-refractivity contribution in [2.24, 2.45) is 10.9 Å². The predicted molar refractivity (Wildman–Crippen MR) is 77.3 cm³/mol. The Morgan fingerprint density at radius 1 is 1.47 bits per heavy atom. The molecule has 1 aromatic heterocycles. The van der Waals surface area contributed by atoms with E-state index in [0.717, 1.165) is 18.0 Å². The first-order valence-corrected chi connectivity index (χ1v) is 7.53. The summed E-state index contributed by atoms with van der Waals surface area (Å²) in [6, 6.07) is 3.80. The molecule has 1 aromatic rings. The second-order valence-electron chi connectivity index (χ2n) is 4.76. The number of likely N-dealkylation sites (tertiary alicyclic amines) is 1. The van der Waals surface area contributed by atoms with E-state index in [1.807, 2.05) is 17.5 Å². The number of amidine groups is 1. The number of oxime groups is 1. The van der Waals surface area contributed by atoms with Crippen molar-refractivity contribution >= 4 is 17.2 Å². The van der Waals surface area contributed by atoms with Gasteiger partial charge in [0.15, 0.2) is 5.84 Å². The molecule has 2 rings (SSSR count). The van der Waals surface area contributed by atoms with Crippen LogP contribution in [0.1, 0.15) is 24.1 Å².